The smallest absolute Gasteiger partial charge is 0.257 e. The molecule has 0 radical (unpaired) electrons. The van der Waals surface area contributed by atoms with Crippen LogP contribution in [0, 0.1) is 0 Å². The van der Waals surface area contributed by atoms with Crippen LogP contribution >= 0.6 is 0 Å². The van der Waals surface area contributed by atoms with Crippen molar-refractivity contribution in [2.24, 2.45) is 0 Å². The molecule has 0 aliphatic carbocycles. The second-order valence-electron chi connectivity index (χ2n) is 4.93. The summed E-state index contributed by atoms with van der Waals surface area (Å²) in [6.07, 6.45) is 5.00. The normalized spacial score (nSPS) is 11.9. The van der Waals surface area contributed by atoms with Gasteiger partial charge in [0.25, 0.3) is 5.91 Å². The second-order valence-corrected chi connectivity index (χ2v) is 4.93. The molecule has 0 bridgehead atoms. The molecular weight excluding hydrogens is 256 g/mol. The summed E-state index contributed by atoms with van der Waals surface area (Å²) in [5.74, 6) is -0.0996. The Morgan fingerprint density at radius 3 is 2.65 bits per heavy atom. The van der Waals surface area contributed by atoms with Crippen LogP contribution in [-0.2, 0) is 4.79 Å². The zero-order valence-electron chi connectivity index (χ0n) is 12.5. The molecule has 0 aliphatic rings. The molecule has 112 valence electrons. The molecule has 1 N–H and O–H groups in total. The number of amides is 2. The van der Waals surface area contributed by atoms with Crippen molar-refractivity contribution in [2.75, 3.05) is 13.1 Å². The number of nitrogens with zero attached hydrogens (tertiary/aromatic N) is 1. The first-order valence-corrected chi connectivity index (χ1v) is 7.19. The Morgan fingerprint density at radius 2 is 2.10 bits per heavy atom. The molecule has 1 rings (SSSR count). The Hall–Kier alpha value is -1.78. The number of carbonyl (C=O) groups excluding carboxylic acids is 2. The van der Waals surface area contributed by atoms with Crippen molar-refractivity contribution in [1.82, 2.24) is 10.2 Å². The molecular formula is C15H24N2O3. The lowest BCUT2D eigenvalue weighted by Crippen LogP contribution is -2.37. The van der Waals surface area contributed by atoms with Gasteiger partial charge >= 0.3 is 0 Å². The first-order valence-electron chi connectivity index (χ1n) is 7.19. The maximum Gasteiger partial charge on any atom is 0.257 e. The average Bonchev–Trinajstić information content (AvgIpc) is 2.96. The third-order valence-electron chi connectivity index (χ3n) is 3.18. The molecule has 1 heterocycles. The summed E-state index contributed by atoms with van der Waals surface area (Å²) in [6, 6.07) is 1.82. The van der Waals surface area contributed by atoms with Crippen LogP contribution in [0.15, 0.2) is 23.0 Å². The summed E-state index contributed by atoms with van der Waals surface area (Å²) in [4.78, 5) is 25.7. The highest BCUT2D eigenvalue weighted by molar-refractivity contribution is 5.94. The number of carbonyl (C=O) groups is 2. The monoisotopic (exact) mass is 280 g/mol. The van der Waals surface area contributed by atoms with Gasteiger partial charge in [0.05, 0.1) is 11.8 Å². The van der Waals surface area contributed by atoms with Crippen LogP contribution in [-0.4, -0.2) is 35.8 Å². The van der Waals surface area contributed by atoms with Gasteiger partial charge in [-0.3, -0.25) is 9.59 Å². The van der Waals surface area contributed by atoms with E-state index in [-0.39, 0.29) is 17.9 Å². The van der Waals surface area contributed by atoms with E-state index in [1.807, 2.05) is 20.8 Å². The average molecular weight is 280 g/mol. The minimum absolute atomic E-state index is 0.0135. The number of nitrogens with one attached hydrogen (secondary N) is 1. The highest BCUT2D eigenvalue weighted by Gasteiger charge is 2.17. The molecule has 1 aromatic rings. The first-order chi connectivity index (χ1) is 9.58. The fraction of sp³-hybridized carbons (Fsp3) is 0.600. The highest BCUT2D eigenvalue weighted by atomic mass is 16.3. The van der Waals surface area contributed by atoms with Gasteiger partial charge in [-0.05, 0) is 25.8 Å². The Kier molecular flexibility index (Phi) is 6.84. The predicted molar refractivity (Wildman–Crippen MR) is 77.4 cm³/mol. The van der Waals surface area contributed by atoms with Crippen molar-refractivity contribution in [1.29, 1.82) is 0 Å². The molecule has 1 atom stereocenters. The number of rotatable bonds is 8. The molecule has 0 aromatic carbocycles. The summed E-state index contributed by atoms with van der Waals surface area (Å²) in [5.41, 5.74) is 0.529. The van der Waals surface area contributed by atoms with Crippen LogP contribution in [0.5, 0.6) is 0 Å². The number of hydrogen-bond acceptors (Lipinski definition) is 3. The molecule has 1 unspecified atom stereocenters. The van der Waals surface area contributed by atoms with Crippen LogP contribution in [0.2, 0.25) is 0 Å². The Bertz CT molecular complexity index is 415. The van der Waals surface area contributed by atoms with E-state index in [0.717, 1.165) is 12.8 Å². The summed E-state index contributed by atoms with van der Waals surface area (Å²) in [5, 5.41) is 2.91. The summed E-state index contributed by atoms with van der Waals surface area (Å²) in [6.45, 7) is 7.07. The van der Waals surface area contributed by atoms with E-state index in [9.17, 15) is 9.59 Å². The first kappa shape index (κ1) is 16.3. The van der Waals surface area contributed by atoms with Crippen LogP contribution in [0.1, 0.15) is 50.4 Å². The molecule has 1 aromatic heterocycles. The van der Waals surface area contributed by atoms with Crippen molar-refractivity contribution in [3.63, 3.8) is 0 Å². The van der Waals surface area contributed by atoms with Gasteiger partial charge in [0.2, 0.25) is 5.91 Å². The fourth-order valence-corrected chi connectivity index (χ4v) is 1.84. The molecule has 0 fully saturated rings. The van der Waals surface area contributed by atoms with E-state index in [4.69, 9.17) is 4.42 Å². The van der Waals surface area contributed by atoms with E-state index in [1.165, 1.54) is 12.5 Å². The van der Waals surface area contributed by atoms with E-state index >= 15 is 0 Å². The lowest BCUT2D eigenvalue weighted by atomic mass is 10.2. The summed E-state index contributed by atoms with van der Waals surface area (Å²) < 4.78 is 4.93. The van der Waals surface area contributed by atoms with Gasteiger partial charge in [-0.25, -0.2) is 0 Å². The molecule has 5 nitrogen and oxygen atoms in total. The Balaban J connectivity index is 2.51. The number of hydrogen-bond donors (Lipinski definition) is 1. The molecule has 0 spiro atoms. The van der Waals surface area contributed by atoms with E-state index in [1.54, 1.807) is 11.0 Å². The van der Waals surface area contributed by atoms with Gasteiger partial charge in [0, 0.05) is 25.6 Å². The van der Waals surface area contributed by atoms with E-state index < -0.39 is 0 Å². The van der Waals surface area contributed by atoms with Gasteiger partial charge in [0.1, 0.15) is 6.26 Å². The molecule has 2 amide bonds. The van der Waals surface area contributed by atoms with E-state index in [2.05, 4.69) is 5.32 Å². The summed E-state index contributed by atoms with van der Waals surface area (Å²) >= 11 is 0. The molecule has 5 heteroatoms. The zero-order chi connectivity index (χ0) is 15.0. The van der Waals surface area contributed by atoms with Gasteiger partial charge in [-0.1, -0.05) is 13.8 Å². The lowest BCUT2D eigenvalue weighted by molar-refractivity contribution is -0.121. The maximum absolute atomic E-state index is 12.2. The molecule has 0 saturated heterocycles. The minimum atomic E-state index is -0.0862. The van der Waals surface area contributed by atoms with Crippen LogP contribution < -0.4 is 5.32 Å². The van der Waals surface area contributed by atoms with Crippen LogP contribution in [0.4, 0.5) is 0 Å². The lowest BCUT2D eigenvalue weighted by Gasteiger charge is -2.21. The third kappa shape index (κ3) is 5.07. The third-order valence-corrected chi connectivity index (χ3v) is 3.18. The quantitative estimate of drug-likeness (QED) is 0.795. The van der Waals surface area contributed by atoms with Gasteiger partial charge in [0.15, 0.2) is 0 Å². The molecule has 20 heavy (non-hydrogen) atoms. The maximum atomic E-state index is 12.2. The van der Waals surface area contributed by atoms with Gasteiger partial charge in [-0.15, -0.1) is 0 Å². The zero-order valence-corrected chi connectivity index (χ0v) is 12.5. The standard InChI is InChI=1S/C15H24N2O3/c1-4-8-17(15(19)13-7-10-20-11-13)9-6-14(18)16-12(3)5-2/h7,10-12H,4-6,8-9H2,1-3H3,(H,16,18). The largest absolute Gasteiger partial charge is 0.472 e. The predicted octanol–water partition coefficient (Wildman–Crippen LogP) is 2.44. The SMILES string of the molecule is CCCN(CCC(=O)NC(C)CC)C(=O)c1ccoc1. The van der Waals surface area contributed by atoms with Crippen molar-refractivity contribution < 1.29 is 14.0 Å². The molecule has 0 saturated carbocycles. The second kappa shape index (κ2) is 8.40. The van der Waals surface area contributed by atoms with Gasteiger partial charge in [-0.2, -0.15) is 0 Å². The Labute approximate surface area is 120 Å². The van der Waals surface area contributed by atoms with Crippen molar-refractivity contribution in [2.45, 2.75) is 46.1 Å². The minimum Gasteiger partial charge on any atom is -0.472 e. The van der Waals surface area contributed by atoms with Crippen LogP contribution in [0.25, 0.3) is 0 Å². The fourth-order valence-electron chi connectivity index (χ4n) is 1.84. The van der Waals surface area contributed by atoms with Crippen molar-refractivity contribution >= 4 is 11.8 Å². The highest BCUT2D eigenvalue weighted by Crippen LogP contribution is 2.07. The number of furan rings is 1. The topological polar surface area (TPSA) is 62.6 Å². The van der Waals surface area contributed by atoms with Crippen molar-refractivity contribution in [3.8, 4) is 0 Å². The van der Waals surface area contributed by atoms with E-state index in [0.29, 0.717) is 25.1 Å². The summed E-state index contributed by atoms with van der Waals surface area (Å²) in [7, 11) is 0. The van der Waals surface area contributed by atoms with Gasteiger partial charge < -0.3 is 14.6 Å². The Morgan fingerprint density at radius 1 is 1.35 bits per heavy atom. The molecule has 0 aliphatic heterocycles. The van der Waals surface area contributed by atoms with Crippen LogP contribution in [0.3, 0.4) is 0 Å². The van der Waals surface area contributed by atoms with Crippen molar-refractivity contribution in [3.05, 3.63) is 24.2 Å².